The lowest BCUT2D eigenvalue weighted by Gasteiger charge is -2.24. The molecule has 1 aromatic carbocycles. The summed E-state index contributed by atoms with van der Waals surface area (Å²) >= 11 is 5.91. The summed E-state index contributed by atoms with van der Waals surface area (Å²) in [6.45, 7) is 3.71. The van der Waals surface area contributed by atoms with Crippen LogP contribution in [0.15, 0.2) is 18.2 Å². The molecule has 0 fully saturated rings. The summed E-state index contributed by atoms with van der Waals surface area (Å²) in [5.74, 6) is -0.572. The summed E-state index contributed by atoms with van der Waals surface area (Å²) in [7, 11) is 0. The van der Waals surface area contributed by atoms with E-state index in [1.54, 1.807) is 18.2 Å². The summed E-state index contributed by atoms with van der Waals surface area (Å²) < 4.78 is 5.19. The Balaban J connectivity index is 2.79. The van der Waals surface area contributed by atoms with Gasteiger partial charge in [-0.25, -0.2) is 4.79 Å². The minimum atomic E-state index is -1.04. The number of aliphatic hydroxyl groups excluding tert-OH is 1. The summed E-state index contributed by atoms with van der Waals surface area (Å²) in [6.07, 6.45) is 0. The van der Waals surface area contributed by atoms with Crippen LogP contribution in [0.4, 0.5) is 0 Å². The second-order valence-electron chi connectivity index (χ2n) is 4.83. The lowest BCUT2D eigenvalue weighted by molar-refractivity contribution is -0.139. The largest absolute Gasteiger partial charge is 0.482 e. The maximum atomic E-state index is 10.5. The summed E-state index contributed by atoms with van der Waals surface area (Å²) in [5, 5.41) is 21.5. The zero-order chi connectivity index (χ0) is 14.5. The van der Waals surface area contributed by atoms with E-state index in [2.05, 4.69) is 5.32 Å². The number of ether oxygens (including phenoxy) is 1. The van der Waals surface area contributed by atoms with Crippen LogP contribution in [0.1, 0.15) is 19.4 Å². The number of hydrogen-bond donors (Lipinski definition) is 3. The van der Waals surface area contributed by atoms with Crippen LogP contribution in [-0.4, -0.2) is 34.9 Å². The van der Waals surface area contributed by atoms with E-state index in [1.165, 1.54) is 0 Å². The Morgan fingerprint density at radius 1 is 1.47 bits per heavy atom. The van der Waals surface area contributed by atoms with Gasteiger partial charge < -0.3 is 20.3 Å². The molecule has 19 heavy (non-hydrogen) atoms. The van der Waals surface area contributed by atoms with E-state index in [1.807, 2.05) is 13.8 Å². The molecule has 0 unspecified atom stereocenters. The van der Waals surface area contributed by atoms with Crippen molar-refractivity contribution in [3.8, 4) is 5.75 Å². The SMILES string of the molecule is CC(C)(CO)NCc1cc(Cl)ccc1OCC(=O)O. The molecule has 0 aliphatic rings. The first kappa shape index (κ1) is 15.8. The van der Waals surface area contributed by atoms with Gasteiger partial charge in [-0.1, -0.05) is 11.6 Å². The fraction of sp³-hybridized carbons (Fsp3) is 0.462. The van der Waals surface area contributed by atoms with Gasteiger partial charge in [-0.05, 0) is 32.0 Å². The van der Waals surface area contributed by atoms with Gasteiger partial charge in [-0.3, -0.25) is 0 Å². The first-order valence-electron chi connectivity index (χ1n) is 5.83. The third kappa shape index (κ3) is 5.46. The fourth-order valence-corrected chi connectivity index (χ4v) is 1.55. The number of hydrogen-bond acceptors (Lipinski definition) is 4. The van der Waals surface area contributed by atoms with E-state index < -0.39 is 18.1 Å². The molecular formula is C13H18ClNO4. The van der Waals surface area contributed by atoms with Crippen molar-refractivity contribution in [2.75, 3.05) is 13.2 Å². The van der Waals surface area contributed by atoms with Crippen LogP contribution in [0.3, 0.4) is 0 Å². The Morgan fingerprint density at radius 2 is 2.16 bits per heavy atom. The molecule has 0 heterocycles. The van der Waals surface area contributed by atoms with Crippen LogP contribution in [0.2, 0.25) is 5.02 Å². The first-order chi connectivity index (χ1) is 8.84. The molecule has 0 saturated carbocycles. The Labute approximate surface area is 117 Å². The average molecular weight is 288 g/mol. The number of carboxylic acids is 1. The van der Waals surface area contributed by atoms with E-state index >= 15 is 0 Å². The molecule has 0 atom stereocenters. The van der Waals surface area contributed by atoms with Crippen molar-refractivity contribution < 1.29 is 19.7 Å². The molecule has 0 aliphatic heterocycles. The highest BCUT2D eigenvalue weighted by molar-refractivity contribution is 6.30. The van der Waals surface area contributed by atoms with Crippen LogP contribution in [0.25, 0.3) is 0 Å². The Kier molecular flexibility index (Phi) is 5.60. The van der Waals surface area contributed by atoms with E-state index in [0.29, 0.717) is 17.3 Å². The predicted molar refractivity (Wildman–Crippen MR) is 72.6 cm³/mol. The monoisotopic (exact) mass is 287 g/mol. The van der Waals surface area contributed by atoms with E-state index in [9.17, 15) is 9.90 Å². The predicted octanol–water partition coefficient (Wildman–Crippen LogP) is 1.66. The lowest BCUT2D eigenvalue weighted by atomic mass is 10.1. The number of nitrogens with one attached hydrogen (secondary N) is 1. The molecule has 3 N–H and O–H groups in total. The highest BCUT2D eigenvalue weighted by atomic mass is 35.5. The van der Waals surface area contributed by atoms with Crippen molar-refractivity contribution in [2.45, 2.75) is 25.9 Å². The number of aliphatic carboxylic acids is 1. The second-order valence-corrected chi connectivity index (χ2v) is 5.27. The van der Waals surface area contributed by atoms with Gasteiger partial charge in [0.25, 0.3) is 0 Å². The minimum absolute atomic E-state index is 0.0150. The summed E-state index contributed by atoms with van der Waals surface area (Å²) in [5.41, 5.74) is 0.308. The van der Waals surface area contributed by atoms with Crippen LogP contribution < -0.4 is 10.1 Å². The molecular weight excluding hydrogens is 270 g/mol. The zero-order valence-electron chi connectivity index (χ0n) is 10.9. The number of carboxylic acid groups (broad SMARTS) is 1. The van der Waals surface area contributed by atoms with Gasteiger partial charge in [0.2, 0.25) is 0 Å². The van der Waals surface area contributed by atoms with Crippen molar-refractivity contribution in [1.29, 1.82) is 0 Å². The normalized spacial score (nSPS) is 11.4. The van der Waals surface area contributed by atoms with Gasteiger partial charge in [0.15, 0.2) is 6.61 Å². The fourth-order valence-electron chi connectivity index (χ4n) is 1.36. The molecule has 0 bridgehead atoms. The van der Waals surface area contributed by atoms with Gasteiger partial charge >= 0.3 is 5.97 Å². The van der Waals surface area contributed by atoms with Crippen LogP contribution in [0, 0.1) is 0 Å². The van der Waals surface area contributed by atoms with Gasteiger partial charge in [0.05, 0.1) is 6.61 Å². The van der Waals surface area contributed by atoms with E-state index in [-0.39, 0.29) is 6.61 Å². The van der Waals surface area contributed by atoms with E-state index in [4.69, 9.17) is 21.4 Å². The number of carbonyl (C=O) groups is 1. The van der Waals surface area contributed by atoms with Crippen molar-refractivity contribution in [1.82, 2.24) is 5.32 Å². The zero-order valence-corrected chi connectivity index (χ0v) is 11.7. The molecule has 0 aliphatic carbocycles. The van der Waals surface area contributed by atoms with Crippen LogP contribution in [-0.2, 0) is 11.3 Å². The molecule has 1 aromatic rings. The third-order valence-corrected chi connectivity index (χ3v) is 2.76. The number of benzene rings is 1. The van der Waals surface area contributed by atoms with Crippen molar-refractivity contribution in [2.24, 2.45) is 0 Å². The van der Waals surface area contributed by atoms with Crippen LogP contribution >= 0.6 is 11.6 Å². The summed E-state index contributed by atoms with van der Waals surface area (Å²) in [6, 6.07) is 4.98. The molecule has 5 nitrogen and oxygen atoms in total. The third-order valence-electron chi connectivity index (χ3n) is 2.53. The summed E-state index contributed by atoms with van der Waals surface area (Å²) in [4.78, 5) is 10.5. The van der Waals surface area contributed by atoms with Crippen molar-refractivity contribution >= 4 is 17.6 Å². The average Bonchev–Trinajstić information content (AvgIpc) is 2.35. The number of rotatable bonds is 7. The van der Waals surface area contributed by atoms with E-state index in [0.717, 1.165) is 5.56 Å². The second kappa shape index (κ2) is 6.75. The van der Waals surface area contributed by atoms with Gasteiger partial charge in [-0.15, -0.1) is 0 Å². The first-order valence-corrected chi connectivity index (χ1v) is 6.21. The van der Waals surface area contributed by atoms with Gasteiger partial charge in [0.1, 0.15) is 5.75 Å². The molecule has 0 radical (unpaired) electrons. The van der Waals surface area contributed by atoms with Crippen molar-refractivity contribution in [3.63, 3.8) is 0 Å². The van der Waals surface area contributed by atoms with Crippen molar-refractivity contribution in [3.05, 3.63) is 28.8 Å². The quantitative estimate of drug-likeness (QED) is 0.711. The molecule has 6 heteroatoms. The Bertz CT molecular complexity index is 448. The highest BCUT2D eigenvalue weighted by Crippen LogP contribution is 2.23. The maximum absolute atomic E-state index is 10.5. The minimum Gasteiger partial charge on any atom is -0.482 e. The van der Waals surface area contributed by atoms with Gasteiger partial charge in [-0.2, -0.15) is 0 Å². The number of aliphatic hydroxyl groups is 1. The molecule has 0 saturated heterocycles. The van der Waals surface area contributed by atoms with Gasteiger partial charge in [0, 0.05) is 22.7 Å². The lowest BCUT2D eigenvalue weighted by Crippen LogP contribution is -2.42. The molecule has 0 amide bonds. The molecule has 0 spiro atoms. The standard InChI is InChI=1S/C13H18ClNO4/c1-13(2,8-16)15-6-9-5-10(14)3-4-11(9)19-7-12(17)18/h3-5,15-16H,6-8H2,1-2H3,(H,17,18). The van der Waals surface area contributed by atoms with Crippen LogP contribution in [0.5, 0.6) is 5.75 Å². The maximum Gasteiger partial charge on any atom is 0.341 e. The Hall–Kier alpha value is -1.30. The topological polar surface area (TPSA) is 78.8 Å². The Morgan fingerprint density at radius 3 is 2.74 bits per heavy atom. The highest BCUT2D eigenvalue weighted by Gasteiger charge is 2.16. The molecule has 0 aromatic heterocycles. The molecule has 106 valence electrons. The molecule has 1 rings (SSSR count). The smallest absolute Gasteiger partial charge is 0.341 e. The number of halogens is 1.